The number of aliphatic carboxylic acids is 1. The van der Waals surface area contributed by atoms with E-state index in [9.17, 15) is 14.5 Å². The number of benzene rings is 2. The van der Waals surface area contributed by atoms with Gasteiger partial charge in [-0.2, -0.15) is 0 Å². The molecule has 0 radical (unpaired) electrons. The lowest BCUT2D eigenvalue weighted by Crippen LogP contribution is -2.22. The van der Waals surface area contributed by atoms with Gasteiger partial charge in [0.25, 0.3) is 0 Å². The summed E-state index contributed by atoms with van der Waals surface area (Å²) in [5, 5.41) is 20.4. The van der Waals surface area contributed by atoms with Crippen molar-refractivity contribution in [1.82, 2.24) is 0 Å². The van der Waals surface area contributed by atoms with Crippen molar-refractivity contribution in [1.29, 1.82) is 0 Å². The van der Waals surface area contributed by atoms with Crippen LogP contribution in [0.2, 0.25) is 0 Å². The van der Waals surface area contributed by atoms with Crippen molar-refractivity contribution < 1.29 is 19.6 Å². The third kappa shape index (κ3) is 5.90. The van der Waals surface area contributed by atoms with Gasteiger partial charge in [-0.1, -0.05) is 53.6 Å². The van der Waals surface area contributed by atoms with Gasteiger partial charge in [-0.25, -0.2) is 4.79 Å². The van der Waals surface area contributed by atoms with Crippen LogP contribution in [0, 0.1) is 5.92 Å². The zero-order valence-corrected chi connectivity index (χ0v) is 15.3. The predicted octanol–water partition coefficient (Wildman–Crippen LogP) is 4.58. The van der Waals surface area contributed by atoms with Crippen LogP contribution in [0.15, 0.2) is 47.4 Å². The molecule has 0 amide bonds. The Morgan fingerprint density at radius 1 is 1.21 bits per heavy atom. The van der Waals surface area contributed by atoms with Crippen LogP contribution in [0.5, 0.6) is 0 Å². The Morgan fingerprint density at radius 3 is 2.62 bits per heavy atom. The molecular weight excluding hydrogens is 343 g/mol. The van der Waals surface area contributed by atoms with Gasteiger partial charge in [-0.05, 0) is 41.7 Å². The van der Waals surface area contributed by atoms with E-state index in [0.717, 1.165) is 4.90 Å². The van der Waals surface area contributed by atoms with E-state index >= 15 is 0 Å². The van der Waals surface area contributed by atoms with Gasteiger partial charge in [0.15, 0.2) is 11.6 Å². The first-order valence-corrected chi connectivity index (χ1v) is 10.5. The number of thioether (sulfide) groups is 1. The molecule has 0 fully saturated rings. The van der Waals surface area contributed by atoms with Gasteiger partial charge < -0.3 is 10.2 Å². The molecule has 0 aliphatic carbocycles. The molecule has 4 nitrogen and oxygen atoms in total. The molecule has 128 valence electrons. The van der Waals surface area contributed by atoms with Crippen molar-refractivity contribution in [3.8, 4) is 0 Å². The van der Waals surface area contributed by atoms with Gasteiger partial charge in [0.05, 0.1) is 0 Å². The maximum absolute atomic E-state index is 12.2. The highest BCUT2D eigenvalue weighted by atomic mass is 32.2. The summed E-state index contributed by atoms with van der Waals surface area (Å²) >= 11 is 1.59. The van der Waals surface area contributed by atoms with Crippen LogP contribution < -0.4 is 0 Å². The van der Waals surface area contributed by atoms with E-state index in [4.69, 9.17) is 5.11 Å². The quantitative estimate of drug-likeness (QED) is 0.503. The number of carboxylic acids is 1. The molecule has 0 heterocycles. The normalized spacial score (nSPS) is 14.3. The predicted molar refractivity (Wildman–Crippen MR) is 99.2 cm³/mol. The molecule has 0 saturated heterocycles. The average Bonchev–Trinajstić information content (AvgIpc) is 2.57. The van der Waals surface area contributed by atoms with Gasteiger partial charge in [-0.15, -0.1) is 0 Å². The average molecular weight is 365 g/mol. The Kier molecular flexibility index (Phi) is 7.22. The Bertz CT molecular complexity index is 719. The summed E-state index contributed by atoms with van der Waals surface area (Å²) in [4.78, 5) is 11.7. The fraction of sp³-hybridized carbons (Fsp3) is 0.389. The smallest absolute Gasteiger partial charge is 0.349 e. The number of aliphatic hydroxyl groups excluding tert-OH is 1. The number of rotatable bonds is 9. The molecule has 0 saturated carbocycles. The number of fused-ring (bicyclic) bond motifs is 1. The minimum atomic E-state index is -1.34. The molecule has 0 spiro atoms. The Morgan fingerprint density at radius 2 is 1.92 bits per heavy atom. The Labute approximate surface area is 147 Å². The lowest BCUT2D eigenvalue weighted by atomic mass is 10.0. The van der Waals surface area contributed by atoms with Gasteiger partial charge >= 0.3 is 13.8 Å². The second-order valence-electron chi connectivity index (χ2n) is 5.97. The molecule has 2 aromatic rings. The van der Waals surface area contributed by atoms with Crippen LogP contribution >= 0.6 is 19.6 Å². The van der Waals surface area contributed by atoms with E-state index in [1.54, 1.807) is 11.8 Å². The van der Waals surface area contributed by atoms with Gasteiger partial charge in [0.2, 0.25) is 0 Å². The summed E-state index contributed by atoms with van der Waals surface area (Å²) in [5.41, 5.74) is 0.557. The highest BCUT2D eigenvalue weighted by Crippen LogP contribution is 2.34. The molecule has 0 aliphatic rings. The maximum atomic E-state index is 12.2. The second-order valence-corrected chi connectivity index (χ2v) is 9.18. The zero-order valence-electron chi connectivity index (χ0n) is 13.6. The fourth-order valence-electron chi connectivity index (χ4n) is 2.43. The van der Waals surface area contributed by atoms with Crippen molar-refractivity contribution in [2.24, 2.45) is 5.92 Å². The monoisotopic (exact) mass is 365 g/mol. The first-order chi connectivity index (χ1) is 11.5. The number of aliphatic hydroxyl groups is 1. The maximum Gasteiger partial charge on any atom is 0.349 e. The minimum absolute atomic E-state index is 0.0423. The summed E-state index contributed by atoms with van der Waals surface area (Å²) in [7, 11) is -1.34. The standard InChI is InChI=1S/C18H21O4PS/c1-13(10-17(19)18(20)21)8-9-23(22)12-24-16-7-6-14-4-2-3-5-15(14)11-16/h2-7,11,13,17,19H,8-10,12H2,1H3/p+1. The SMILES string of the molecule is CC(CC[P+](=O)CSc1ccc2ccccc2c1)CC(O)C(=O)O. The van der Waals surface area contributed by atoms with E-state index in [1.807, 2.05) is 25.1 Å². The number of hydrogen-bond acceptors (Lipinski definition) is 4. The van der Waals surface area contributed by atoms with Crippen molar-refractivity contribution in [3.05, 3.63) is 42.5 Å². The summed E-state index contributed by atoms with van der Waals surface area (Å²) < 4.78 is 12.2. The van der Waals surface area contributed by atoms with Crippen LogP contribution in [0.4, 0.5) is 0 Å². The first kappa shape index (κ1) is 18.9. The fourth-order valence-corrected chi connectivity index (χ4v) is 5.22. The van der Waals surface area contributed by atoms with E-state index in [2.05, 4.69) is 24.3 Å². The van der Waals surface area contributed by atoms with Crippen molar-refractivity contribution in [2.45, 2.75) is 30.8 Å². The lowest BCUT2D eigenvalue weighted by molar-refractivity contribution is -0.147. The number of carboxylic acid groups (broad SMARTS) is 1. The third-order valence-corrected chi connectivity index (χ3v) is 6.89. The topological polar surface area (TPSA) is 74.6 Å². The third-order valence-electron chi connectivity index (χ3n) is 3.88. The summed E-state index contributed by atoms with van der Waals surface area (Å²) in [6, 6.07) is 14.4. The molecule has 2 rings (SSSR count). The summed E-state index contributed by atoms with van der Waals surface area (Å²) in [6.07, 6.45) is 0.0993. The van der Waals surface area contributed by atoms with E-state index < -0.39 is 19.9 Å². The molecule has 24 heavy (non-hydrogen) atoms. The van der Waals surface area contributed by atoms with Crippen LogP contribution in [0.25, 0.3) is 10.8 Å². The highest BCUT2D eigenvalue weighted by molar-refractivity contribution is 8.03. The molecule has 3 unspecified atom stereocenters. The second kappa shape index (κ2) is 9.16. The van der Waals surface area contributed by atoms with Gasteiger partial charge in [0.1, 0.15) is 6.16 Å². The molecule has 0 bridgehead atoms. The zero-order chi connectivity index (χ0) is 17.5. The molecule has 0 aromatic heterocycles. The number of hydrogen-bond donors (Lipinski definition) is 2. The molecule has 6 heteroatoms. The van der Waals surface area contributed by atoms with Crippen LogP contribution in [-0.2, 0) is 9.36 Å². The van der Waals surface area contributed by atoms with Crippen molar-refractivity contribution in [3.63, 3.8) is 0 Å². The van der Waals surface area contributed by atoms with Crippen LogP contribution in [0.1, 0.15) is 19.8 Å². The Hall–Kier alpha value is -1.42. The number of carbonyl (C=O) groups is 1. The van der Waals surface area contributed by atoms with Crippen molar-refractivity contribution >= 4 is 36.3 Å². The largest absolute Gasteiger partial charge is 0.479 e. The summed E-state index contributed by atoms with van der Waals surface area (Å²) in [6.45, 7) is 1.88. The van der Waals surface area contributed by atoms with Gasteiger partial charge in [0, 0.05) is 4.90 Å². The van der Waals surface area contributed by atoms with Crippen molar-refractivity contribution in [2.75, 3.05) is 11.7 Å². The molecule has 0 aliphatic heterocycles. The Balaban J connectivity index is 1.77. The minimum Gasteiger partial charge on any atom is -0.479 e. The highest BCUT2D eigenvalue weighted by Gasteiger charge is 2.21. The molecular formula is C18H22O4PS+. The molecule has 3 atom stereocenters. The summed E-state index contributed by atoms with van der Waals surface area (Å²) in [5.74, 6) is -1.15. The van der Waals surface area contributed by atoms with E-state index in [-0.39, 0.29) is 12.3 Å². The lowest BCUT2D eigenvalue weighted by Gasteiger charge is -2.10. The van der Waals surface area contributed by atoms with Gasteiger partial charge in [-0.3, -0.25) is 0 Å². The van der Waals surface area contributed by atoms with Crippen LogP contribution in [-0.4, -0.2) is 33.9 Å². The first-order valence-electron chi connectivity index (χ1n) is 7.90. The van der Waals surface area contributed by atoms with E-state index in [0.29, 0.717) is 18.1 Å². The molecule has 2 aromatic carbocycles. The molecule has 2 N–H and O–H groups in total. The van der Waals surface area contributed by atoms with E-state index in [1.165, 1.54) is 10.8 Å². The van der Waals surface area contributed by atoms with Crippen LogP contribution in [0.3, 0.4) is 0 Å².